The molecule has 1 aliphatic rings. The van der Waals surface area contributed by atoms with Gasteiger partial charge in [-0.1, -0.05) is 84.0 Å². The monoisotopic (exact) mass is 493 g/mol. The Bertz CT molecular complexity index is 1150. The molecule has 5 nitrogen and oxygen atoms in total. The highest BCUT2D eigenvalue weighted by Crippen LogP contribution is 2.31. The van der Waals surface area contributed by atoms with Crippen molar-refractivity contribution in [1.82, 2.24) is 5.01 Å². The summed E-state index contributed by atoms with van der Waals surface area (Å²) in [5.41, 5.74) is 9.28. The second kappa shape index (κ2) is 11.4. The lowest BCUT2D eigenvalue weighted by molar-refractivity contribution is 0.400. The molecule has 0 amide bonds. The molecule has 0 aliphatic carbocycles. The first kappa shape index (κ1) is 23.4. The first-order valence-electron chi connectivity index (χ1n) is 10.5. The molecule has 168 valence electrons. The molecule has 0 aromatic heterocycles. The third kappa shape index (κ3) is 6.19. The molecule has 0 spiro atoms. The van der Waals surface area contributed by atoms with Crippen LogP contribution in [-0.4, -0.2) is 34.6 Å². The minimum Gasteiger partial charge on any atom is -0.378 e. The van der Waals surface area contributed by atoms with E-state index in [0.717, 1.165) is 22.6 Å². The summed E-state index contributed by atoms with van der Waals surface area (Å²) in [7, 11) is 0. The van der Waals surface area contributed by atoms with Crippen LogP contribution in [0, 0.1) is 0 Å². The maximum absolute atomic E-state index is 6.15. The molecule has 3 aromatic carbocycles. The third-order valence-corrected chi connectivity index (χ3v) is 6.66. The van der Waals surface area contributed by atoms with Gasteiger partial charge >= 0.3 is 0 Å². The van der Waals surface area contributed by atoms with E-state index >= 15 is 0 Å². The van der Waals surface area contributed by atoms with E-state index in [1.54, 1.807) is 0 Å². The molecular weight excluding hydrogens is 470 g/mol. The molecule has 0 saturated heterocycles. The summed E-state index contributed by atoms with van der Waals surface area (Å²) in [5, 5.41) is 8.02. The van der Waals surface area contributed by atoms with Crippen LogP contribution >= 0.6 is 35.3 Å². The summed E-state index contributed by atoms with van der Waals surface area (Å²) in [4.78, 5) is 5.58. The van der Waals surface area contributed by atoms with Crippen LogP contribution in [0.15, 0.2) is 104 Å². The molecule has 0 saturated carbocycles. The number of benzene rings is 3. The number of nitrogens with two attached hydrogens (primary N) is 1. The van der Waals surface area contributed by atoms with Crippen LogP contribution in [0.3, 0.4) is 0 Å². The second-order valence-corrected chi connectivity index (χ2v) is 9.42. The molecule has 3 aromatic rings. The Balaban J connectivity index is 1.73. The minimum absolute atomic E-state index is 0.161. The summed E-state index contributed by atoms with van der Waals surface area (Å²) in [5.74, 6) is 0.641. The molecule has 1 aliphatic heterocycles. The maximum Gasteiger partial charge on any atom is 0.255 e. The molecule has 1 atom stereocenters. The van der Waals surface area contributed by atoms with Gasteiger partial charge in [-0.2, -0.15) is 14.5 Å². The van der Waals surface area contributed by atoms with Gasteiger partial charge in [-0.25, -0.2) is 5.01 Å². The SMILES string of the molecule is CS/C(N)=N\C(=N\Sc1ccccc1)N1CCC(c2ccccc2)C(c2ccc(Cl)cc2)=N1. The van der Waals surface area contributed by atoms with E-state index in [1.165, 1.54) is 29.3 Å². The fourth-order valence-corrected chi connectivity index (χ4v) is 4.42. The van der Waals surface area contributed by atoms with Crippen molar-refractivity contribution in [3.63, 3.8) is 0 Å². The van der Waals surface area contributed by atoms with Crippen LogP contribution in [0.4, 0.5) is 0 Å². The van der Waals surface area contributed by atoms with Crippen LogP contribution in [0.1, 0.15) is 23.5 Å². The number of aliphatic imine (C=N–C) groups is 1. The fraction of sp³-hybridized carbons (Fsp3) is 0.160. The van der Waals surface area contributed by atoms with Gasteiger partial charge in [0.2, 0.25) is 0 Å². The highest BCUT2D eigenvalue weighted by molar-refractivity contribution is 8.13. The second-order valence-electron chi connectivity index (χ2n) is 7.32. The van der Waals surface area contributed by atoms with Gasteiger partial charge in [0.25, 0.3) is 5.96 Å². The first-order valence-corrected chi connectivity index (χ1v) is 12.9. The summed E-state index contributed by atoms with van der Waals surface area (Å²) in [6, 6.07) is 28.2. The quantitative estimate of drug-likeness (QED) is 0.264. The van der Waals surface area contributed by atoms with Crippen LogP contribution in [0.5, 0.6) is 0 Å². The molecule has 0 radical (unpaired) electrons. The van der Waals surface area contributed by atoms with Crippen LogP contribution < -0.4 is 5.73 Å². The van der Waals surface area contributed by atoms with Gasteiger partial charge in [-0.3, -0.25) is 0 Å². The molecular formula is C25H24ClN5S2. The molecule has 2 N–H and O–H groups in total. The Morgan fingerprint density at radius 3 is 2.33 bits per heavy atom. The lowest BCUT2D eigenvalue weighted by atomic mass is 9.86. The first-order chi connectivity index (χ1) is 16.1. The Morgan fingerprint density at radius 1 is 1.00 bits per heavy atom. The van der Waals surface area contributed by atoms with Crippen molar-refractivity contribution in [2.24, 2.45) is 20.2 Å². The molecule has 0 fully saturated rings. The van der Waals surface area contributed by atoms with E-state index in [0.29, 0.717) is 22.7 Å². The predicted octanol–water partition coefficient (Wildman–Crippen LogP) is 6.27. The number of nitrogens with zero attached hydrogens (tertiary/aromatic N) is 4. The van der Waals surface area contributed by atoms with E-state index in [1.807, 2.05) is 71.9 Å². The van der Waals surface area contributed by atoms with E-state index < -0.39 is 0 Å². The Kier molecular flexibility index (Phi) is 8.10. The predicted molar refractivity (Wildman–Crippen MR) is 143 cm³/mol. The lowest BCUT2D eigenvalue weighted by Crippen LogP contribution is -2.35. The Labute approximate surface area is 208 Å². The zero-order valence-electron chi connectivity index (χ0n) is 18.1. The Hall–Kier alpha value is -2.74. The van der Waals surface area contributed by atoms with E-state index in [9.17, 15) is 0 Å². The summed E-state index contributed by atoms with van der Waals surface area (Å²) >= 11 is 8.89. The maximum atomic E-state index is 6.15. The van der Waals surface area contributed by atoms with Gasteiger partial charge in [0, 0.05) is 34.3 Å². The highest BCUT2D eigenvalue weighted by atomic mass is 35.5. The summed E-state index contributed by atoms with van der Waals surface area (Å²) in [6.07, 6.45) is 2.76. The van der Waals surface area contributed by atoms with Crippen molar-refractivity contribution < 1.29 is 0 Å². The molecule has 8 heteroatoms. The van der Waals surface area contributed by atoms with Gasteiger partial charge in [0.05, 0.1) is 5.71 Å². The topological polar surface area (TPSA) is 66.3 Å². The number of guanidine groups is 1. The van der Waals surface area contributed by atoms with Crippen LogP contribution in [-0.2, 0) is 0 Å². The largest absolute Gasteiger partial charge is 0.378 e. The average molecular weight is 494 g/mol. The smallest absolute Gasteiger partial charge is 0.255 e. The van der Waals surface area contributed by atoms with E-state index in [-0.39, 0.29) is 5.92 Å². The Morgan fingerprint density at radius 2 is 1.67 bits per heavy atom. The number of hydrogen-bond donors (Lipinski definition) is 1. The van der Waals surface area contributed by atoms with E-state index in [4.69, 9.17) is 26.8 Å². The zero-order valence-corrected chi connectivity index (χ0v) is 20.5. The molecule has 1 unspecified atom stereocenters. The van der Waals surface area contributed by atoms with Crippen molar-refractivity contribution in [2.45, 2.75) is 17.2 Å². The van der Waals surface area contributed by atoms with E-state index in [2.05, 4.69) is 29.3 Å². The summed E-state index contributed by atoms with van der Waals surface area (Å²) < 4.78 is 4.70. The van der Waals surface area contributed by atoms with Gasteiger partial charge in [0.1, 0.15) is 0 Å². The van der Waals surface area contributed by atoms with Gasteiger partial charge in [-0.05, 0) is 48.1 Å². The number of thioether (sulfide) groups is 1. The number of hydrogen-bond acceptors (Lipinski definition) is 4. The molecule has 4 rings (SSSR count). The molecule has 1 heterocycles. The van der Waals surface area contributed by atoms with Crippen LogP contribution in [0.25, 0.3) is 0 Å². The summed E-state index contributed by atoms with van der Waals surface area (Å²) in [6.45, 7) is 0.677. The third-order valence-electron chi connectivity index (χ3n) is 5.16. The minimum atomic E-state index is 0.161. The lowest BCUT2D eigenvalue weighted by Gasteiger charge is -2.30. The molecule has 0 bridgehead atoms. The standard InChI is InChI=1S/C25H24ClN5S2/c1-32-24(27)28-25(30-33-21-10-6-3-7-11-21)31-17-16-22(18-8-4-2-5-9-18)23(29-31)19-12-14-20(26)15-13-19/h2-15,22H,16-17H2,1H3,(H2,27,28,30). The number of rotatable bonds is 4. The van der Waals surface area contributed by atoms with Crippen LogP contribution in [0.2, 0.25) is 5.02 Å². The number of hydrazone groups is 1. The van der Waals surface area contributed by atoms with Gasteiger partial charge in [-0.15, -0.1) is 0 Å². The van der Waals surface area contributed by atoms with Crippen molar-refractivity contribution in [3.8, 4) is 0 Å². The van der Waals surface area contributed by atoms with Gasteiger partial charge < -0.3 is 5.73 Å². The molecule has 33 heavy (non-hydrogen) atoms. The van der Waals surface area contributed by atoms with Crippen molar-refractivity contribution in [2.75, 3.05) is 12.8 Å². The highest BCUT2D eigenvalue weighted by Gasteiger charge is 2.28. The van der Waals surface area contributed by atoms with Crippen molar-refractivity contribution in [3.05, 3.63) is 101 Å². The zero-order chi connectivity index (χ0) is 23.0. The number of halogens is 1. The average Bonchev–Trinajstić information content (AvgIpc) is 2.87. The number of amidine groups is 1. The van der Waals surface area contributed by atoms with Gasteiger partial charge in [0.15, 0.2) is 5.17 Å². The van der Waals surface area contributed by atoms with Crippen molar-refractivity contribution in [1.29, 1.82) is 0 Å². The van der Waals surface area contributed by atoms with Crippen molar-refractivity contribution >= 4 is 52.1 Å². The normalized spacial score (nSPS) is 17.1. The fourth-order valence-electron chi connectivity index (χ4n) is 3.52.